The molecule has 0 fully saturated rings. The van der Waals surface area contributed by atoms with Gasteiger partial charge in [0, 0.05) is 0 Å². The minimum atomic E-state index is -8.62. The van der Waals surface area contributed by atoms with Crippen molar-refractivity contribution < 1.29 is 38.8 Å². The molecule has 0 heterocycles. The summed E-state index contributed by atoms with van der Waals surface area (Å²) in [4.78, 5) is 0. The number of hydrogen-bond donors (Lipinski definition) is 4. The fourth-order valence-corrected chi connectivity index (χ4v) is 0. The van der Waals surface area contributed by atoms with Crippen LogP contribution in [-0.4, -0.2) is 13.7 Å². The van der Waals surface area contributed by atoms with Crippen LogP contribution in [0.15, 0.2) is 0 Å². The monoisotopic (exact) mass is 227 g/mol. The summed E-state index contributed by atoms with van der Waals surface area (Å²) in [6.07, 6.45) is 0. The molecule has 0 aliphatic rings. The first-order valence-electron chi connectivity index (χ1n) is 0.985. The molecule has 0 spiro atoms. The van der Waals surface area contributed by atoms with Gasteiger partial charge in [0.15, 0.2) is 0 Å². The van der Waals surface area contributed by atoms with E-state index < -0.39 is 18.2 Å². The summed E-state index contributed by atoms with van der Waals surface area (Å²) in [5.41, 5.74) is 0. The molecule has 0 unspecified atom stereocenters. The van der Waals surface area contributed by atoms with E-state index in [0.717, 1.165) is 0 Å². The van der Waals surface area contributed by atoms with Crippen LogP contribution in [0.5, 0.6) is 0 Å². The fourth-order valence-electron chi connectivity index (χ4n) is 0. The number of rotatable bonds is 0. The van der Waals surface area contributed by atoms with E-state index in [1.807, 2.05) is 0 Å². The van der Waals surface area contributed by atoms with Gasteiger partial charge in [-0.1, -0.05) is 0 Å². The molecule has 7 heavy (non-hydrogen) atoms. The molecule has 4 N–H and O–H groups in total. The first-order chi connectivity index (χ1) is 2.45. The molecule has 0 radical (unpaired) electrons. The van der Waals surface area contributed by atoms with Crippen LogP contribution in [0.3, 0.4) is 0 Å². The Bertz CT molecular complexity index is 62.7. The Hall–Kier alpha value is 0.490. The van der Waals surface area contributed by atoms with Crippen molar-refractivity contribution in [3.8, 4) is 0 Å². The first kappa shape index (κ1) is 7.49. The summed E-state index contributed by atoms with van der Waals surface area (Å²) < 4.78 is 47.0. The summed E-state index contributed by atoms with van der Waals surface area (Å²) in [7, 11) is 0. The van der Waals surface area contributed by atoms with E-state index in [-0.39, 0.29) is 0 Å². The van der Waals surface area contributed by atoms with Crippen LogP contribution in [0, 0.1) is 0 Å². The van der Waals surface area contributed by atoms with E-state index in [1.165, 1.54) is 0 Å². The molecule has 0 bridgehead atoms. The van der Waals surface area contributed by atoms with Crippen molar-refractivity contribution in [1.82, 2.24) is 0 Å². The Labute approximate surface area is 39.3 Å². The van der Waals surface area contributed by atoms with Crippen molar-refractivity contribution in [2.24, 2.45) is 0 Å². The quantitative estimate of drug-likeness (QED) is 0.304. The van der Waals surface area contributed by atoms with Crippen molar-refractivity contribution in [2.75, 3.05) is 0 Å². The van der Waals surface area contributed by atoms with Crippen molar-refractivity contribution in [3.05, 3.63) is 0 Å². The van der Waals surface area contributed by atoms with Crippen LogP contribution in [0.25, 0.3) is 0 Å². The molecule has 0 aromatic carbocycles. The zero-order valence-corrected chi connectivity index (χ0v) is 5.14. The minimum absolute atomic E-state index is 7.19. The van der Waals surface area contributed by atoms with Gasteiger partial charge in [-0.2, -0.15) is 0 Å². The summed E-state index contributed by atoms with van der Waals surface area (Å²) in [6, 6.07) is 0. The second-order valence-corrected chi connectivity index (χ2v) is 7.17. The fraction of sp³-hybridized carbons (Fsp3) is 0. The van der Waals surface area contributed by atoms with Gasteiger partial charge in [0.25, 0.3) is 0 Å². The molecule has 48 valence electrons. The third-order valence-electron chi connectivity index (χ3n) is 0. The van der Waals surface area contributed by atoms with Gasteiger partial charge in [0.1, 0.15) is 0 Å². The molecular weight excluding hydrogens is 223 g/mol. The van der Waals surface area contributed by atoms with E-state index in [2.05, 4.69) is 0 Å². The third kappa shape index (κ3) is 545. The van der Waals surface area contributed by atoms with Crippen LogP contribution in [0.4, 0.5) is 0 Å². The normalized spacial score (nSPS) is 23.1. The summed E-state index contributed by atoms with van der Waals surface area (Å²) >= 11 is -8.62. The maximum absolute atomic E-state index is 9.11. The number of hydrogen-bond acceptors (Lipinski definition) is 6. The summed E-state index contributed by atoms with van der Waals surface area (Å²) in [5.74, 6) is 0. The van der Waals surface area contributed by atoms with Gasteiger partial charge in [-0.25, -0.2) is 0 Å². The molecule has 0 saturated heterocycles. The molecule has 0 saturated carbocycles. The average molecular weight is 227 g/mol. The number of halogens is 1. The topological polar surface area (TPSA) is 127 Å². The molecular formula is H4IO6-. The Morgan fingerprint density at radius 1 is 0.857 bits per heavy atom. The SMILES string of the molecule is [O-][I+]([O-])(O)(O)(O)O. The zero-order valence-electron chi connectivity index (χ0n) is 2.98. The molecule has 0 rings (SSSR count). The van der Waals surface area contributed by atoms with Crippen LogP contribution in [0.1, 0.15) is 0 Å². The predicted molar refractivity (Wildman–Crippen MR) is 8.88 cm³/mol. The zero-order chi connectivity index (χ0) is 6.41. The van der Waals surface area contributed by atoms with E-state index >= 15 is 0 Å². The maximum atomic E-state index is 9.11. The van der Waals surface area contributed by atoms with Gasteiger partial charge in [-0.05, 0) is 0 Å². The molecule has 0 aromatic rings. The van der Waals surface area contributed by atoms with Crippen molar-refractivity contribution >= 4 is 0 Å². The molecule has 0 aromatic heterocycles. The van der Waals surface area contributed by atoms with E-state index in [9.17, 15) is 0 Å². The predicted octanol–water partition coefficient (Wildman–Crippen LogP) is -7.60. The van der Waals surface area contributed by atoms with Crippen molar-refractivity contribution in [2.45, 2.75) is 0 Å². The standard InChI is InChI=1S/H4IO6/c2-1(3,4,5,6)7/h2-5H/q-1. The summed E-state index contributed by atoms with van der Waals surface area (Å²) in [6.45, 7) is 0. The van der Waals surface area contributed by atoms with E-state index in [1.54, 1.807) is 0 Å². The molecule has 0 aliphatic heterocycles. The van der Waals surface area contributed by atoms with Gasteiger partial charge >= 0.3 is 38.8 Å². The third-order valence-corrected chi connectivity index (χ3v) is 0. The first-order valence-corrected chi connectivity index (χ1v) is 6.61. The van der Waals surface area contributed by atoms with Crippen LogP contribution >= 0.6 is 0 Å². The summed E-state index contributed by atoms with van der Waals surface area (Å²) in [5, 5.41) is 0. The van der Waals surface area contributed by atoms with Crippen LogP contribution < -0.4 is 25.0 Å². The van der Waals surface area contributed by atoms with Crippen molar-refractivity contribution in [3.63, 3.8) is 0 Å². The van der Waals surface area contributed by atoms with E-state index in [4.69, 9.17) is 20.6 Å². The van der Waals surface area contributed by atoms with Crippen LogP contribution in [0.2, 0.25) is 0 Å². The second-order valence-electron chi connectivity index (χ2n) is 1.07. The Balaban J connectivity index is 4.43. The van der Waals surface area contributed by atoms with Crippen molar-refractivity contribution in [1.29, 1.82) is 0 Å². The van der Waals surface area contributed by atoms with Crippen LogP contribution in [-0.2, 0) is 0 Å². The van der Waals surface area contributed by atoms with Gasteiger partial charge < -0.3 is 0 Å². The van der Waals surface area contributed by atoms with Gasteiger partial charge in [-0.15, -0.1) is 0 Å². The Morgan fingerprint density at radius 2 is 0.857 bits per heavy atom. The van der Waals surface area contributed by atoms with E-state index in [0.29, 0.717) is 0 Å². The average Bonchev–Trinajstić information content (AvgIpc) is 0.592. The van der Waals surface area contributed by atoms with Gasteiger partial charge in [-0.3, -0.25) is 0 Å². The molecule has 0 atom stereocenters. The van der Waals surface area contributed by atoms with Gasteiger partial charge in [0.05, 0.1) is 0 Å². The Morgan fingerprint density at radius 3 is 0.857 bits per heavy atom. The Kier molecular flexibility index (Phi) is 0.872. The second kappa shape index (κ2) is 0.815. The molecule has 7 heteroatoms. The molecule has 0 amide bonds. The van der Waals surface area contributed by atoms with Gasteiger partial charge in [0.2, 0.25) is 0 Å². The molecule has 0 aliphatic carbocycles. The molecule has 6 nitrogen and oxygen atoms in total.